The molecular formula is C14H23N5O. The zero-order chi connectivity index (χ0) is 14.8. The van der Waals surface area contributed by atoms with E-state index in [9.17, 15) is 4.79 Å². The van der Waals surface area contributed by atoms with Gasteiger partial charge in [0.25, 0.3) is 0 Å². The molecule has 0 spiro atoms. The van der Waals surface area contributed by atoms with Gasteiger partial charge in [0, 0.05) is 37.9 Å². The lowest BCUT2D eigenvalue weighted by molar-refractivity contribution is -0.116. The highest BCUT2D eigenvalue weighted by Gasteiger charge is 2.02. The molecule has 1 aromatic carbocycles. The van der Waals surface area contributed by atoms with E-state index in [1.807, 2.05) is 31.2 Å². The molecule has 1 aromatic rings. The van der Waals surface area contributed by atoms with Crippen LogP contribution in [0.5, 0.6) is 0 Å². The minimum absolute atomic E-state index is 0.152. The van der Waals surface area contributed by atoms with Crippen LogP contribution < -0.4 is 27.4 Å². The highest BCUT2D eigenvalue weighted by Crippen LogP contribution is 2.09. The van der Waals surface area contributed by atoms with Gasteiger partial charge in [0.2, 0.25) is 5.91 Å². The van der Waals surface area contributed by atoms with Gasteiger partial charge in [-0.05, 0) is 18.6 Å². The van der Waals surface area contributed by atoms with Crippen LogP contribution in [0.25, 0.3) is 0 Å². The van der Waals surface area contributed by atoms with Crippen LogP contribution in [0.1, 0.15) is 12.5 Å². The predicted octanol–water partition coefficient (Wildman–Crippen LogP) is -0.116. The summed E-state index contributed by atoms with van der Waals surface area (Å²) in [6, 6.07) is 7.59. The quantitative estimate of drug-likeness (QED) is 0.337. The highest BCUT2D eigenvalue weighted by molar-refractivity contribution is 5.87. The van der Waals surface area contributed by atoms with Crippen molar-refractivity contribution in [1.29, 1.82) is 0 Å². The number of carbonyl (C=O) groups excluding carboxylic acids is 1. The Morgan fingerprint density at radius 3 is 2.65 bits per heavy atom. The number of nitrogen functional groups attached to an aromatic ring is 1. The Balaban J connectivity index is 2.65. The molecule has 0 aromatic heterocycles. The van der Waals surface area contributed by atoms with Crippen molar-refractivity contribution in [2.24, 2.45) is 5.73 Å². The zero-order valence-electron chi connectivity index (χ0n) is 11.8. The van der Waals surface area contributed by atoms with E-state index in [-0.39, 0.29) is 5.91 Å². The Bertz CT molecular complexity index is 459. The number of hydrogen-bond acceptors (Lipinski definition) is 5. The Labute approximate surface area is 119 Å². The molecule has 0 aliphatic carbocycles. The maximum atomic E-state index is 11.6. The molecule has 6 nitrogen and oxygen atoms in total. The minimum atomic E-state index is -0.152. The first kappa shape index (κ1) is 15.8. The molecule has 110 valence electrons. The first-order valence-electron chi connectivity index (χ1n) is 6.68. The molecule has 0 heterocycles. The molecule has 0 aliphatic heterocycles. The normalized spacial score (nSPS) is 11.0. The van der Waals surface area contributed by atoms with Crippen LogP contribution in [0.3, 0.4) is 0 Å². The number of anilines is 1. The summed E-state index contributed by atoms with van der Waals surface area (Å²) in [5.74, 6) is 0.477. The zero-order valence-corrected chi connectivity index (χ0v) is 11.8. The van der Waals surface area contributed by atoms with Gasteiger partial charge in [-0.2, -0.15) is 0 Å². The standard InChI is InChI=1S/C14H23N5O/c1-2-17-14(20)9-13(18-8-7-15)19-10-11-5-3-4-6-12(11)16/h3-6,9,18-19H,2,7-8,10,15-16H2,1H3,(H,17,20)/b13-9-. The lowest BCUT2D eigenvalue weighted by atomic mass is 10.2. The van der Waals surface area contributed by atoms with Crippen LogP contribution in [0.2, 0.25) is 0 Å². The predicted molar refractivity (Wildman–Crippen MR) is 81.5 cm³/mol. The van der Waals surface area contributed by atoms with Crippen LogP contribution in [0, 0.1) is 0 Å². The van der Waals surface area contributed by atoms with Crippen LogP contribution in [-0.2, 0) is 11.3 Å². The summed E-state index contributed by atoms with van der Waals surface area (Å²) in [5, 5.41) is 8.94. The van der Waals surface area contributed by atoms with E-state index in [4.69, 9.17) is 11.5 Å². The maximum Gasteiger partial charge on any atom is 0.247 e. The number of nitrogens with one attached hydrogen (secondary N) is 3. The van der Waals surface area contributed by atoms with Gasteiger partial charge in [-0.3, -0.25) is 4.79 Å². The van der Waals surface area contributed by atoms with Crippen LogP contribution >= 0.6 is 0 Å². The summed E-state index contributed by atoms with van der Waals surface area (Å²) < 4.78 is 0. The van der Waals surface area contributed by atoms with E-state index in [0.29, 0.717) is 32.0 Å². The van der Waals surface area contributed by atoms with Gasteiger partial charge in [0.05, 0.1) is 0 Å². The fourth-order valence-corrected chi connectivity index (χ4v) is 1.61. The third-order valence-electron chi connectivity index (χ3n) is 2.61. The largest absolute Gasteiger partial charge is 0.398 e. The molecule has 0 aliphatic rings. The van der Waals surface area contributed by atoms with Crippen molar-refractivity contribution in [3.05, 3.63) is 41.7 Å². The first-order chi connectivity index (χ1) is 9.67. The lowest BCUT2D eigenvalue weighted by Gasteiger charge is -2.14. The van der Waals surface area contributed by atoms with Gasteiger partial charge in [-0.1, -0.05) is 18.2 Å². The fourth-order valence-electron chi connectivity index (χ4n) is 1.61. The van der Waals surface area contributed by atoms with Crippen molar-refractivity contribution in [2.45, 2.75) is 13.5 Å². The molecule has 0 fully saturated rings. The van der Waals surface area contributed by atoms with Crippen molar-refractivity contribution in [2.75, 3.05) is 25.4 Å². The number of amides is 1. The van der Waals surface area contributed by atoms with Gasteiger partial charge in [0.1, 0.15) is 5.82 Å². The van der Waals surface area contributed by atoms with Crippen LogP contribution in [0.4, 0.5) is 5.69 Å². The van der Waals surface area contributed by atoms with E-state index < -0.39 is 0 Å². The highest BCUT2D eigenvalue weighted by atomic mass is 16.1. The molecule has 1 rings (SSSR count). The lowest BCUT2D eigenvalue weighted by Crippen LogP contribution is -2.32. The van der Waals surface area contributed by atoms with E-state index >= 15 is 0 Å². The summed E-state index contributed by atoms with van der Waals surface area (Å²) in [5.41, 5.74) is 13.0. The van der Waals surface area contributed by atoms with Crippen LogP contribution in [0.15, 0.2) is 36.2 Å². The summed E-state index contributed by atoms with van der Waals surface area (Å²) in [7, 11) is 0. The van der Waals surface area contributed by atoms with Crippen molar-refractivity contribution >= 4 is 11.6 Å². The second-order valence-electron chi connectivity index (χ2n) is 4.22. The molecule has 0 saturated heterocycles. The topological polar surface area (TPSA) is 105 Å². The molecule has 0 unspecified atom stereocenters. The molecule has 0 saturated carbocycles. The third-order valence-corrected chi connectivity index (χ3v) is 2.61. The van der Waals surface area contributed by atoms with E-state index in [0.717, 1.165) is 11.3 Å². The average Bonchev–Trinajstić information content (AvgIpc) is 2.43. The molecule has 7 N–H and O–H groups in total. The number of hydrogen-bond donors (Lipinski definition) is 5. The summed E-state index contributed by atoms with van der Waals surface area (Å²) in [6.07, 6.45) is 1.48. The molecular weight excluding hydrogens is 254 g/mol. The summed E-state index contributed by atoms with van der Waals surface area (Å²) >= 11 is 0. The Kier molecular flexibility index (Phi) is 6.99. The third kappa shape index (κ3) is 5.62. The molecule has 0 atom stereocenters. The monoisotopic (exact) mass is 277 g/mol. The van der Waals surface area contributed by atoms with Crippen molar-refractivity contribution < 1.29 is 4.79 Å². The smallest absolute Gasteiger partial charge is 0.247 e. The molecule has 1 amide bonds. The maximum absolute atomic E-state index is 11.6. The number of likely N-dealkylation sites (N-methyl/N-ethyl adjacent to an activating group) is 1. The molecule has 0 bridgehead atoms. The number of carbonyl (C=O) groups is 1. The van der Waals surface area contributed by atoms with E-state index in [1.54, 1.807) is 0 Å². The minimum Gasteiger partial charge on any atom is -0.398 e. The Morgan fingerprint density at radius 2 is 2.00 bits per heavy atom. The molecule has 0 radical (unpaired) electrons. The van der Waals surface area contributed by atoms with E-state index in [2.05, 4.69) is 16.0 Å². The Hall–Kier alpha value is -2.21. The second-order valence-corrected chi connectivity index (χ2v) is 4.22. The average molecular weight is 277 g/mol. The first-order valence-corrected chi connectivity index (χ1v) is 6.68. The van der Waals surface area contributed by atoms with Crippen LogP contribution in [-0.4, -0.2) is 25.5 Å². The van der Waals surface area contributed by atoms with Crippen molar-refractivity contribution in [3.8, 4) is 0 Å². The van der Waals surface area contributed by atoms with Gasteiger partial charge in [-0.25, -0.2) is 0 Å². The van der Waals surface area contributed by atoms with Gasteiger partial charge in [-0.15, -0.1) is 0 Å². The number of para-hydroxylation sites is 1. The molecule has 6 heteroatoms. The summed E-state index contributed by atoms with van der Waals surface area (Å²) in [6.45, 7) is 4.07. The van der Waals surface area contributed by atoms with Crippen molar-refractivity contribution in [1.82, 2.24) is 16.0 Å². The number of nitrogens with two attached hydrogens (primary N) is 2. The van der Waals surface area contributed by atoms with Gasteiger partial charge >= 0.3 is 0 Å². The Morgan fingerprint density at radius 1 is 1.25 bits per heavy atom. The van der Waals surface area contributed by atoms with Gasteiger partial charge < -0.3 is 27.4 Å². The van der Waals surface area contributed by atoms with Gasteiger partial charge in [0.15, 0.2) is 0 Å². The molecule has 20 heavy (non-hydrogen) atoms. The number of benzene rings is 1. The fraction of sp³-hybridized carbons (Fsp3) is 0.357. The summed E-state index contributed by atoms with van der Waals surface area (Å²) in [4.78, 5) is 11.6. The second kappa shape index (κ2) is 8.82. The van der Waals surface area contributed by atoms with Crippen molar-refractivity contribution in [3.63, 3.8) is 0 Å². The van der Waals surface area contributed by atoms with E-state index in [1.165, 1.54) is 6.08 Å². The SMILES string of the molecule is CCNC(=O)/C=C(/NCCN)NCc1ccccc1N. The number of rotatable bonds is 8.